The van der Waals surface area contributed by atoms with Gasteiger partial charge in [-0.2, -0.15) is 23.3 Å². The zero-order valence-corrected chi connectivity index (χ0v) is 13.4. The Morgan fingerprint density at radius 2 is 1.78 bits per heavy atom. The van der Waals surface area contributed by atoms with Crippen LogP contribution >= 0.6 is 0 Å². The summed E-state index contributed by atoms with van der Waals surface area (Å²) in [6.07, 6.45) is -3.29. The van der Waals surface area contributed by atoms with Gasteiger partial charge >= 0.3 is 6.18 Å². The van der Waals surface area contributed by atoms with E-state index >= 15 is 0 Å². The standard InChI is InChI=1S/C16H11F3N4O4/c17-16(18,19)13-9-15(25,11-5-7-20-8-6-11)22(21-13)14(24)10-1-3-12(4-2-10)23(26)27/h1-8,25H,9H2. The van der Waals surface area contributed by atoms with E-state index in [1.807, 2.05) is 0 Å². The number of hydrogen-bond donors (Lipinski definition) is 1. The lowest BCUT2D eigenvalue weighted by Gasteiger charge is -2.31. The van der Waals surface area contributed by atoms with E-state index in [0.717, 1.165) is 24.3 Å². The van der Waals surface area contributed by atoms with Crippen LogP contribution < -0.4 is 0 Å². The lowest BCUT2D eigenvalue weighted by Crippen LogP contribution is -2.43. The molecule has 1 aliphatic rings. The molecule has 1 amide bonds. The number of amides is 1. The molecular weight excluding hydrogens is 369 g/mol. The van der Waals surface area contributed by atoms with Gasteiger partial charge < -0.3 is 5.11 Å². The molecule has 2 aromatic rings. The molecule has 1 aromatic heterocycles. The quantitative estimate of drug-likeness (QED) is 0.650. The maximum Gasteiger partial charge on any atom is 0.431 e. The van der Waals surface area contributed by atoms with E-state index in [2.05, 4.69) is 10.1 Å². The zero-order chi connectivity index (χ0) is 19.8. The van der Waals surface area contributed by atoms with Crippen molar-refractivity contribution in [3.8, 4) is 0 Å². The molecule has 0 aliphatic carbocycles. The number of hydrazone groups is 1. The van der Waals surface area contributed by atoms with E-state index in [4.69, 9.17) is 0 Å². The lowest BCUT2D eigenvalue weighted by atomic mass is 9.97. The van der Waals surface area contributed by atoms with Crippen molar-refractivity contribution in [3.63, 3.8) is 0 Å². The SMILES string of the molecule is O=C(c1ccc([N+](=O)[O-])cc1)N1N=C(C(F)(F)F)CC1(O)c1ccncc1. The van der Waals surface area contributed by atoms with Crippen LogP contribution in [0.25, 0.3) is 0 Å². The number of carbonyl (C=O) groups excluding carboxylic acids is 1. The second kappa shape index (κ2) is 6.43. The molecule has 1 aliphatic heterocycles. The van der Waals surface area contributed by atoms with Crippen LogP contribution in [0.15, 0.2) is 53.9 Å². The average molecular weight is 380 g/mol. The first-order valence-electron chi connectivity index (χ1n) is 7.49. The summed E-state index contributed by atoms with van der Waals surface area (Å²) in [6.45, 7) is 0. The fraction of sp³-hybridized carbons (Fsp3) is 0.188. The molecule has 0 saturated carbocycles. The molecule has 0 bridgehead atoms. The van der Waals surface area contributed by atoms with Gasteiger partial charge in [0.1, 0.15) is 5.71 Å². The number of halogens is 3. The fourth-order valence-electron chi connectivity index (χ4n) is 2.61. The Balaban J connectivity index is 2.03. The fourth-order valence-corrected chi connectivity index (χ4v) is 2.61. The van der Waals surface area contributed by atoms with Crippen molar-refractivity contribution in [1.82, 2.24) is 9.99 Å². The van der Waals surface area contributed by atoms with Gasteiger partial charge in [-0.1, -0.05) is 0 Å². The van der Waals surface area contributed by atoms with Crippen LogP contribution in [0.3, 0.4) is 0 Å². The molecule has 1 atom stereocenters. The Morgan fingerprint density at radius 1 is 1.19 bits per heavy atom. The van der Waals surface area contributed by atoms with Gasteiger partial charge in [-0.25, -0.2) is 0 Å². The molecule has 11 heteroatoms. The molecule has 0 fully saturated rings. The van der Waals surface area contributed by atoms with Crippen molar-refractivity contribution in [3.05, 3.63) is 70.0 Å². The Hall–Kier alpha value is -3.34. The third-order valence-corrected chi connectivity index (χ3v) is 3.97. The van der Waals surface area contributed by atoms with Crippen LogP contribution in [0.1, 0.15) is 22.3 Å². The number of carbonyl (C=O) groups is 1. The molecule has 2 heterocycles. The van der Waals surface area contributed by atoms with E-state index in [-0.39, 0.29) is 16.8 Å². The minimum absolute atomic E-state index is 0.00392. The predicted octanol–water partition coefficient (Wildman–Crippen LogP) is 2.60. The number of benzene rings is 1. The summed E-state index contributed by atoms with van der Waals surface area (Å²) in [5.41, 5.74) is -4.16. The van der Waals surface area contributed by atoms with Crippen LogP contribution in [0, 0.1) is 10.1 Å². The molecule has 1 unspecified atom stereocenters. The minimum atomic E-state index is -4.84. The molecule has 27 heavy (non-hydrogen) atoms. The molecule has 8 nitrogen and oxygen atoms in total. The van der Waals surface area contributed by atoms with Crippen LogP contribution in [-0.2, 0) is 5.72 Å². The van der Waals surface area contributed by atoms with Gasteiger partial charge in [-0.3, -0.25) is 19.9 Å². The molecule has 0 saturated heterocycles. The van der Waals surface area contributed by atoms with Crippen molar-refractivity contribution >= 4 is 17.3 Å². The second-order valence-corrected chi connectivity index (χ2v) is 5.69. The number of rotatable bonds is 3. The minimum Gasteiger partial charge on any atom is -0.365 e. The maximum atomic E-state index is 13.1. The smallest absolute Gasteiger partial charge is 0.365 e. The van der Waals surface area contributed by atoms with Gasteiger partial charge in [0, 0.05) is 35.7 Å². The largest absolute Gasteiger partial charge is 0.431 e. The van der Waals surface area contributed by atoms with E-state index in [0.29, 0.717) is 5.01 Å². The number of nitro benzene ring substituents is 1. The third-order valence-electron chi connectivity index (χ3n) is 3.97. The molecule has 3 rings (SSSR count). The van der Waals surface area contributed by atoms with E-state index in [1.165, 1.54) is 24.5 Å². The molecule has 0 spiro atoms. The lowest BCUT2D eigenvalue weighted by molar-refractivity contribution is -0.384. The van der Waals surface area contributed by atoms with Crippen molar-refractivity contribution in [1.29, 1.82) is 0 Å². The molecule has 0 radical (unpaired) electrons. The number of hydrogen-bond acceptors (Lipinski definition) is 6. The summed E-state index contributed by atoms with van der Waals surface area (Å²) in [5.74, 6) is -1.04. The van der Waals surface area contributed by atoms with Crippen LogP contribution in [0.5, 0.6) is 0 Å². The average Bonchev–Trinajstić information content (AvgIpc) is 3.01. The van der Waals surface area contributed by atoms with Gasteiger partial charge in [0.15, 0.2) is 5.72 Å². The number of aromatic nitrogens is 1. The Labute approximate surface area is 149 Å². The Bertz CT molecular complexity index is 916. The van der Waals surface area contributed by atoms with Crippen molar-refractivity contribution < 1.29 is 28.0 Å². The molecule has 140 valence electrons. The summed E-state index contributed by atoms with van der Waals surface area (Å²) in [5, 5.41) is 25.2. The maximum absolute atomic E-state index is 13.1. The number of aliphatic hydroxyl groups is 1. The predicted molar refractivity (Wildman–Crippen MR) is 85.5 cm³/mol. The highest BCUT2D eigenvalue weighted by molar-refractivity contribution is 6.00. The Morgan fingerprint density at radius 3 is 2.30 bits per heavy atom. The topological polar surface area (TPSA) is 109 Å². The van der Waals surface area contributed by atoms with Gasteiger partial charge in [0.2, 0.25) is 0 Å². The highest BCUT2D eigenvalue weighted by atomic mass is 19.4. The van der Waals surface area contributed by atoms with Crippen LogP contribution in [0.2, 0.25) is 0 Å². The van der Waals surface area contributed by atoms with Gasteiger partial charge in [0.25, 0.3) is 11.6 Å². The number of nitro groups is 1. The van der Waals surface area contributed by atoms with E-state index in [1.54, 1.807) is 0 Å². The van der Waals surface area contributed by atoms with Gasteiger partial charge in [0.05, 0.1) is 11.3 Å². The highest BCUT2D eigenvalue weighted by Crippen LogP contribution is 2.40. The number of non-ortho nitro benzene ring substituents is 1. The molecular formula is C16H11F3N4O4. The third kappa shape index (κ3) is 3.36. The first-order valence-corrected chi connectivity index (χ1v) is 7.49. The van der Waals surface area contributed by atoms with Crippen molar-refractivity contribution in [2.45, 2.75) is 18.3 Å². The monoisotopic (exact) mass is 380 g/mol. The van der Waals surface area contributed by atoms with Gasteiger partial charge in [-0.15, -0.1) is 0 Å². The van der Waals surface area contributed by atoms with Crippen LogP contribution in [0.4, 0.5) is 18.9 Å². The summed E-state index contributed by atoms with van der Waals surface area (Å²) in [6, 6.07) is 6.76. The highest BCUT2D eigenvalue weighted by Gasteiger charge is 2.53. The number of nitrogens with zero attached hydrogens (tertiary/aromatic N) is 4. The summed E-state index contributed by atoms with van der Waals surface area (Å²) < 4.78 is 39.4. The summed E-state index contributed by atoms with van der Waals surface area (Å²) in [7, 11) is 0. The first-order chi connectivity index (χ1) is 12.6. The summed E-state index contributed by atoms with van der Waals surface area (Å²) >= 11 is 0. The zero-order valence-electron chi connectivity index (χ0n) is 13.4. The number of alkyl halides is 3. The van der Waals surface area contributed by atoms with E-state index < -0.39 is 34.9 Å². The second-order valence-electron chi connectivity index (χ2n) is 5.69. The van der Waals surface area contributed by atoms with Crippen molar-refractivity contribution in [2.24, 2.45) is 5.10 Å². The Kier molecular flexibility index (Phi) is 4.39. The molecule has 1 N–H and O–H groups in total. The van der Waals surface area contributed by atoms with E-state index in [9.17, 15) is 33.2 Å². The van der Waals surface area contributed by atoms with Crippen molar-refractivity contribution in [2.75, 3.05) is 0 Å². The summed E-state index contributed by atoms with van der Waals surface area (Å²) in [4.78, 5) is 26.4. The van der Waals surface area contributed by atoms with Gasteiger partial charge in [-0.05, 0) is 24.3 Å². The van der Waals surface area contributed by atoms with Crippen LogP contribution in [-0.4, -0.2) is 37.8 Å². The molecule has 1 aromatic carbocycles. The number of pyridine rings is 1. The first kappa shape index (κ1) is 18.5. The normalized spacial score (nSPS) is 19.7.